The molecule has 0 bridgehead atoms. The van der Waals surface area contributed by atoms with Crippen molar-refractivity contribution in [2.24, 2.45) is 0 Å². The fourth-order valence-electron chi connectivity index (χ4n) is 1.70. The van der Waals surface area contributed by atoms with Crippen LogP contribution in [0.1, 0.15) is 15.2 Å². The summed E-state index contributed by atoms with van der Waals surface area (Å²) in [5, 5.41) is 1.84. The van der Waals surface area contributed by atoms with Crippen molar-refractivity contribution in [1.29, 1.82) is 0 Å². The quantitative estimate of drug-likeness (QED) is 0.754. The van der Waals surface area contributed by atoms with Crippen LogP contribution in [0.2, 0.25) is 0 Å². The van der Waals surface area contributed by atoms with Gasteiger partial charge in [-0.1, -0.05) is 12.6 Å². The molecule has 0 saturated heterocycles. The van der Waals surface area contributed by atoms with E-state index in [1.165, 1.54) is 16.2 Å². The average Bonchev–Trinajstić information content (AvgIpc) is 3.12. The Kier molecular flexibility index (Phi) is 5.97. The number of nitrogens with zero attached hydrogens (tertiary/aromatic N) is 1. The average molecular weight is 345 g/mol. The third-order valence-electron chi connectivity index (χ3n) is 3.14. The number of hydrazine groups is 1. The molecule has 0 aliphatic rings. The fraction of sp³-hybridized carbons (Fsp3) is 0.176. The van der Waals surface area contributed by atoms with Crippen LogP contribution in [0.15, 0.2) is 48.4 Å². The standard InChI is InChI=1S/C17H19N3O3S/c1-12(18-19-17(22)15-5-4-10-24-15)13-6-8-14(9-7-13)23-11-16(21)20(2)3/h4-10,18H,1,11H2,2-3H3,(H,19,22). The SMILES string of the molecule is C=C(NNC(=O)c1cccs1)c1ccc(OCC(=O)N(C)C)cc1. The Morgan fingerprint density at radius 1 is 1.17 bits per heavy atom. The van der Waals surface area contributed by atoms with E-state index in [1.807, 2.05) is 11.4 Å². The van der Waals surface area contributed by atoms with Gasteiger partial charge in [0, 0.05) is 14.1 Å². The largest absolute Gasteiger partial charge is 0.484 e. The van der Waals surface area contributed by atoms with Crippen LogP contribution < -0.4 is 15.6 Å². The Morgan fingerprint density at radius 2 is 1.88 bits per heavy atom. The number of hydrogen-bond acceptors (Lipinski definition) is 5. The molecule has 1 heterocycles. The monoisotopic (exact) mass is 345 g/mol. The van der Waals surface area contributed by atoms with Crippen LogP contribution in [0.4, 0.5) is 0 Å². The molecule has 2 rings (SSSR count). The minimum Gasteiger partial charge on any atom is -0.484 e. The number of ether oxygens (including phenoxy) is 1. The highest BCUT2D eigenvalue weighted by atomic mass is 32.1. The summed E-state index contributed by atoms with van der Waals surface area (Å²) in [7, 11) is 3.35. The van der Waals surface area contributed by atoms with E-state index in [2.05, 4.69) is 17.4 Å². The lowest BCUT2D eigenvalue weighted by Crippen LogP contribution is -2.35. The van der Waals surface area contributed by atoms with Gasteiger partial charge in [0.2, 0.25) is 0 Å². The Bertz CT molecular complexity index is 709. The normalized spacial score (nSPS) is 9.92. The van der Waals surface area contributed by atoms with E-state index >= 15 is 0 Å². The lowest BCUT2D eigenvalue weighted by atomic mass is 10.2. The van der Waals surface area contributed by atoms with Crippen molar-refractivity contribution in [3.05, 3.63) is 58.8 Å². The van der Waals surface area contributed by atoms with Gasteiger partial charge in [-0.2, -0.15) is 0 Å². The van der Waals surface area contributed by atoms with Gasteiger partial charge in [-0.05, 0) is 41.3 Å². The van der Waals surface area contributed by atoms with E-state index in [4.69, 9.17) is 4.74 Å². The van der Waals surface area contributed by atoms with Gasteiger partial charge in [-0.25, -0.2) is 0 Å². The van der Waals surface area contributed by atoms with Crippen LogP contribution in [0, 0.1) is 0 Å². The highest BCUT2D eigenvalue weighted by Crippen LogP contribution is 2.16. The maximum atomic E-state index is 11.8. The highest BCUT2D eigenvalue weighted by molar-refractivity contribution is 7.12. The van der Waals surface area contributed by atoms with Gasteiger partial charge < -0.3 is 9.64 Å². The van der Waals surface area contributed by atoms with E-state index in [0.717, 1.165) is 5.56 Å². The summed E-state index contributed by atoms with van der Waals surface area (Å²) in [6.45, 7) is 3.87. The molecule has 2 N–H and O–H groups in total. The van der Waals surface area contributed by atoms with Crippen molar-refractivity contribution in [3.8, 4) is 5.75 Å². The minimum absolute atomic E-state index is 0.0115. The van der Waals surface area contributed by atoms with Crippen molar-refractivity contribution in [1.82, 2.24) is 15.8 Å². The molecule has 0 spiro atoms. The van der Waals surface area contributed by atoms with Crippen molar-refractivity contribution in [3.63, 3.8) is 0 Å². The molecule has 1 aromatic heterocycles. The Balaban J connectivity index is 1.84. The maximum Gasteiger partial charge on any atom is 0.279 e. The first-order chi connectivity index (χ1) is 11.5. The van der Waals surface area contributed by atoms with Crippen LogP contribution in [0.25, 0.3) is 5.70 Å². The van der Waals surface area contributed by atoms with Gasteiger partial charge in [-0.3, -0.25) is 20.4 Å². The minimum atomic E-state index is -0.215. The molecule has 1 aromatic carbocycles. The molecule has 0 atom stereocenters. The number of benzene rings is 1. The number of rotatable bonds is 7. The first-order valence-corrected chi connectivity index (χ1v) is 8.07. The molecule has 126 valence electrons. The lowest BCUT2D eigenvalue weighted by Gasteiger charge is -2.13. The molecule has 0 unspecified atom stereocenters. The number of thiophene rings is 1. The summed E-state index contributed by atoms with van der Waals surface area (Å²) in [6, 6.07) is 10.6. The second kappa shape index (κ2) is 8.16. The van der Waals surface area contributed by atoms with Crippen molar-refractivity contribution in [2.45, 2.75) is 0 Å². The van der Waals surface area contributed by atoms with Crippen LogP contribution in [0.5, 0.6) is 5.75 Å². The Labute approximate surface area is 144 Å². The molecule has 0 saturated carbocycles. The van der Waals surface area contributed by atoms with Crippen molar-refractivity contribution in [2.75, 3.05) is 20.7 Å². The van der Waals surface area contributed by atoms with E-state index in [-0.39, 0.29) is 18.4 Å². The number of carbonyl (C=O) groups is 2. The summed E-state index contributed by atoms with van der Waals surface area (Å²) >= 11 is 1.36. The molecule has 0 radical (unpaired) electrons. The summed E-state index contributed by atoms with van der Waals surface area (Å²) in [4.78, 5) is 25.4. The zero-order chi connectivity index (χ0) is 17.5. The van der Waals surface area contributed by atoms with Gasteiger partial charge in [0.15, 0.2) is 6.61 Å². The smallest absolute Gasteiger partial charge is 0.279 e. The van der Waals surface area contributed by atoms with Crippen molar-refractivity contribution < 1.29 is 14.3 Å². The zero-order valence-electron chi connectivity index (χ0n) is 13.5. The molecule has 0 fully saturated rings. The Hall–Kier alpha value is -2.80. The van der Waals surface area contributed by atoms with E-state index < -0.39 is 0 Å². The molecule has 2 amide bonds. The topological polar surface area (TPSA) is 70.7 Å². The first-order valence-electron chi connectivity index (χ1n) is 7.19. The molecule has 7 heteroatoms. The third kappa shape index (κ3) is 4.85. The molecule has 24 heavy (non-hydrogen) atoms. The van der Waals surface area contributed by atoms with Gasteiger partial charge in [0.1, 0.15) is 5.75 Å². The Morgan fingerprint density at radius 3 is 2.46 bits per heavy atom. The van der Waals surface area contributed by atoms with Crippen LogP contribution in [0.3, 0.4) is 0 Å². The van der Waals surface area contributed by atoms with Gasteiger partial charge >= 0.3 is 0 Å². The van der Waals surface area contributed by atoms with E-state index in [9.17, 15) is 9.59 Å². The number of carbonyl (C=O) groups excluding carboxylic acids is 2. The molecule has 6 nitrogen and oxygen atoms in total. The second-order valence-corrected chi connectivity index (χ2v) is 6.08. The molecular weight excluding hydrogens is 326 g/mol. The maximum absolute atomic E-state index is 11.8. The number of likely N-dealkylation sites (N-methyl/N-ethyl adjacent to an activating group) is 1. The van der Waals surface area contributed by atoms with Crippen LogP contribution >= 0.6 is 11.3 Å². The van der Waals surface area contributed by atoms with Gasteiger partial charge in [0.05, 0.1) is 10.6 Å². The third-order valence-corrected chi connectivity index (χ3v) is 4.00. The number of amides is 2. The fourth-order valence-corrected chi connectivity index (χ4v) is 2.32. The van der Waals surface area contributed by atoms with Gasteiger partial charge in [0.25, 0.3) is 11.8 Å². The first kappa shape index (κ1) is 17.6. The predicted octanol–water partition coefficient (Wildman–Crippen LogP) is 2.12. The van der Waals surface area contributed by atoms with E-state index in [0.29, 0.717) is 16.3 Å². The van der Waals surface area contributed by atoms with Crippen LogP contribution in [-0.4, -0.2) is 37.4 Å². The summed E-state index contributed by atoms with van der Waals surface area (Å²) in [5.74, 6) is 0.263. The van der Waals surface area contributed by atoms with E-state index in [1.54, 1.807) is 44.4 Å². The lowest BCUT2D eigenvalue weighted by molar-refractivity contribution is -0.130. The van der Waals surface area contributed by atoms with Gasteiger partial charge in [-0.15, -0.1) is 11.3 Å². The predicted molar refractivity (Wildman–Crippen MR) is 94.6 cm³/mol. The highest BCUT2D eigenvalue weighted by Gasteiger charge is 2.07. The second-order valence-electron chi connectivity index (χ2n) is 5.14. The summed E-state index contributed by atoms with van der Waals surface area (Å²) in [6.07, 6.45) is 0. The molecule has 0 aliphatic heterocycles. The molecular formula is C17H19N3O3S. The zero-order valence-corrected chi connectivity index (χ0v) is 14.4. The number of hydrogen-bond donors (Lipinski definition) is 2. The summed E-state index contributed by atoms with van der Waals surface area (Å²) in [5.41, 5.74) is 6.72. The molecule has 0 aliphatic carbocycles. The number of nitrogens with one attached hydrogen (secondary N) is 2. The summed E-state index contributed by atoms with van der Waals surface area (Å²) < 4.78 is 5.40. The van der Waals surface area contributed by atoms with Crippen LogP contribution in [-0.2, 0) is 4.79 Å². The molecule has 2 aromatic rings. The van der Waals surface area contributed by atoms with Crippen molar-refractivity contribution >= 4 is 28.8 Å².